The van der Waals surface area contributed by atoms with Crippen LogP contribution >= 0.6 is 11.3 Å². The minimum absolute atomic E-state index is 0.0982. The van der Waals surface area contributed by atoms with Gasteiger partial charge in [0.2, 0.25) is 0 Å². The van der Waals surface area contributed by atoms with E-state index in [1.165, 1.54) is 4.57 Å². The third-order valence-corrected chi connectivity index (χ3v) is 4.11. The number of pyridine rings is 1. The van der Waals surface area contributed by atoms with Gasteiger partial charge in [-0.3, -0.25) is 14.2 Å². The van der Waals surface area contributed by atoms with Gasteiger partial charge in [-0.1, -0.05) is 6.07 Å². The number of carbonyl (C=O) groups excluding carboxylic acids is 1. The molecule has 1 amide bonds. The molecule has 3 rings (SSSR count). The monoisotopic (exact) mass is 314 g/mol. The molecule has 0 saturated carbocycles. The van der Waals surface area contributed by atoms with Crippen LogP contribution in [0.15, 0.2) is 40.6 Å². The van der Waals surface area contributed by atoms with E-state index in [4.69, 9.17) is 0 Å². The van der Waals surface area contributed by atoms with E-state index in [-0.39, 0.29) is 5.69 Å². The third kappa shape index (κ3) is 2.62. The lowest BCUT2D eigenvalue weighted by Crippen LogP contribution is -2.34. The number of amides is 1. The Labute approximate surface area is 130 Å². The van der Waals surface area contributed by atoms with Crippen LogP contribution in [0.3, 0.4) is 0 Å². The Kier molecular flexibility index (Phi) is 3.97. The van der Waals surface area contributed by atoms with Crippen molar-refractivity contribution in [1.82, 2.24) is 19.9 Å². The van der Waals surface area contributed by atoms with E-state index in [1.807, 2.05) is 24.4 Å². The lowest BCUT2D eigenvalue weighted by Gasteiger charge is -2.09. The Morgan fingerprint density at radius 3 is 2.95 bits per heavy atom. The van der Waals surface area contributed by atoms with Crippen molar-refractivity contribution in [2.24, 2.45) is 0 Å². The van der Waals surface area contributed by atoms with Crippen molar-refractivity contribution in [2.45, 2.75) is 20.0 Å². The Hall–Kier alpha value is -2.54. The maximum absolute atomic E-state index is 12.4. The first-order valence-corrected chi connectivity index (χ1v) is 7.75. The Balaban J connectivity index is 1.97. The van der Waals surface area contributed by atoms with Gasteiger partial charge in [0.15, 0.2) is 11.3 Å². The zero-order chi connectivity index (χ0) is 15.5. The lowest BCUT2D eigenvalue weighted by molar-refractivity contribution is 0.0944. The normalized spacial score (nSPS) is 10.8. The fourth-order valence-electron chi connectivity index (χ4n) is 2.18. The average molecular weight is 314 g/mol. The number of nitrogens with one attached hydrogen (secondary N) is 1. The molecule has 0 aliphatic carbocycles. The van der Waals surface area contributed by atoms with Gasteiger partial charge in [0.25, 0.3) is 11.5 Å². The molecule has 1 N–H and O–H groups in total. The molecule has 112 valence electrons. The Morgan fingerprint density at radius 2 is 2.23 bits per heavy atom. The minimum Gasteiger partial charge on any atom is -0.346 e. The van der Waals surface area contributed by atoms with Gasteiger partial charge >= 0.3 is 0 Å². The summed E-state index contributed by atoms with van der Waals surface area (Å²) in [6.07, 6.45) is 1.60. The molecule has 6 nitrogen and oxygen atoms in total. The van der Waals surface area contributed by atoms with Crippen molar-refractivity contribution in [3.63, 3.8) is 0 Å². The highest BCUT2D eigenvalue weighted by Crippen LogP contribution is 2.09. The number of thiophene rings is 1. The van der Waals surface area contributed by atoms with Crippen LogP contribution in [0, 0.1) is 0 Å². The molecule has 0 spiro atoms. The first kappa shape index (κ1) is 14.4. The summed E-state index contributed by atoms with van der Waals surface area (Å²) in [5, 5.41) is 4.67. The van der Waals surface area contributed by atoms with Gasteiger partial charge in [0.1, 0.15) is 5.52 Å². The van der Waals surface area contributed by atoms with E-state index < -0.39 is 11.5 Å². The smallest absolute Gasteiger partial charge is 0.283 e. The number of fused-ring (bicyclic) bond motifs is 1. The Morgan fingerprint density at radius 1 is 1.36 bits per heavy atom. The zero-order valence-corrected chi connectivity index (χ0v) is 12.8. The molecule has 3 heterocycles. The van der Waals surface area contributed by atoms with Crippen LogP contribution in [0.5, 0.6) is 0 Å². The number of carbonyl (C=O) groups is 1. The van der Waals surface area contributed by atoms with E-state index in [9.17, 15) is 9.59 Å². The van der Waals surface area contributed by atoms with Gasteiger partial charge in [0.05, 0.1) is 6.54 Å². The lowest BCUT2D eigenvalue weighted by atomic mass is 10.3. The predicted molar refractivity (Wildman–Crippen MR) is 85.0 cm³/mol. The summed E-state index contributed by atoms with van der Waals surface area (Å²) in [5.41, 5.74) is 0.506. The van der Waals surface area contributed by atoms with Gasteiger partial charge in [0, 0.05) is 17.6 Å². The second-order valence-corrected chi connectivity index (χ2v) is 5.65. The first-order chi connectivity index (χ1) is 10.7. The maximum Gasteiger partial charge on any atom is 0.283 e. The van der Waals surface area contributed by atoms with Gasteiger partial charge in [-0.2, -0.15) is 0 Å². The minimum atomic E-state index is -0.466. The van der Waals surface area contributed by atoms with Crippen LogP contribution in [0.4, 0.5) is 0 Å². The van der Waals surface area contributed by atoms with E-state index in [0.717, 1.165) is 4.88 Å². The number of aryl methyl sites for hydroxylation is 1. The van der Waals surface area contributed by atoms with E-state index in [2.05, 4.69) is 15.3 Å². The fourth-order valence-corrected chi connectivity index (χ4v) is 2.83. The SMILES string of the molecule is CCn1c(=O)c(C(=O)NCc2cccs2)nc2cccnc21. The Bertz CT molecular complexity index is 871. The predicted octanol–water partition coefficient (Wildman–Crippen LogP) is 1.80. The molecule has 0 saturated heterocycles. The maximum atomic E-state index is 12.4. The molecule has 3 aromatic rings. The number of nitrogens with zero attached hydrogens (tertiary/aromatic N) is 3. The molecule has 0 radical (unpaired) electrons. The molecule has 0 fully saturated rings. The molecule has 0 unspecified atom stereocenters. The van der Waals surface area contributed by atoms with Crippen LogP contribution in [-0.2, 0) is 13.1 Å². The molecule has 0 bridgehead atoms. The number of hydrogen-bond donors (Lipinski definition) is 1. The second-order valence-electron chi connectivity index (χ2n) is 4.62. The summed E-state index contributed by atoms with van der Waals surface area (Å²) in [6, 6.07) is 7.31. The number of aromatic nitrogens is 3. The molecule has 0 atom stereocenters. The number of hydrogen-bond acceptors (Lipinski definition) is 5. The van der Waals surface area contributed by atoms with E-state index >= 15 is 0 Å². The first-order valence-electron chi connectivity index (χ1n) is 6.87. The molecule has 7 heteroatoms. The van der Waals surface area contributed by atoms with Crippen LogP contribution < -0.4 is 10.9 Å². The molecule has 0 aliphatic rings. The van der Waals surface area contributed by atoms with Gasteiger partial charge < -0.3 is 5.32 Å². The summed E-state index contributed by atoms with van der Waals surface area (Å²) in [4.78, 5) is 34.1. The second kappa shape index (κ2) is 6.07. The summed E-state index contributed by atoms with van der Waals surface area (Å²) in [6.45, 7) is 2.65. The summed E-state index contributed by atoms with van der Waals surface area (Å²) < 4.78 is 1.46. The topological polar surface area (TPSA) is 76.9 Å². The van der Waals surface area contributed by atoms with E-state index in [1.54, 1.807) is 29.7 Å². The highest BCUT2D eigenvalue weighted by atomic mass is 32.1. The van der Waals surface area contributed by atoms with Crippen LogP contribution in [0.1, 0.15) is 22.3 Å². The number of rotatable bonds is 4. The average Bonchev–Trinajstić information content (AvgIpc) is 3.05. The third-order valence-electron chi connectivity index (χ3n) is 3.24. The van der Waals surface area contributed by atoms with Crippen LogP contribution in [0.25, 0.3) is 11.2 Å². The molecule has 3 aromatic heterocycles. The zero-order valence-electron chi connectivity index (χ0n) is 11.9. The summed E-state index contributed by atoms with van der Waals surface area (Å²) in [5.74, 6) is -0.466. The summed E-state index contributed by atoms with van der Waals surface area (Å²) in [7, 11) is 0. The molecule has 0 aromatic carbocycles. The van der Waals surface area contributed by atoms with Crippen molar-refractivity contribution < 1.29 is 4.79 Å². The highest BCUT2D eigenvalue weighted by Gasteiger charge is 2.17. The molecular formula is C15H14N4O2S. The standard InChI is InChI=1S/C15H14N4O2S/c1-2-19-13-11(6-3-7-16-13)18-12(15(19)21)14(20)17-9-10-5-4-8-22-10/h3-8H,2,9H2,1H3,(H,17,20). The molecular weight excluding hydrogens is 300 g/mol. The van der Waals surface area contributed by atoms with Crippen molar-refractivity contribution in [1.29, 1.82) is 0 Å². The van der Waals surface area contributed by atoms with Crippen molar-refractivity contribution in [3.8, 4) is 0 Å². The van der Waals surface area contributed by atoms with E-state index in [0.29, 0.717) is 24.3 Å². The molecule has 0 aliphatic heterocycles. The van der Waals surface area contributed by atoms with Gasteiger partial charge in [-0.15, -0.1) is 11.3 Å². The van der Waals surface area contributed by atoms with Crippen LogP contribution in [0.2, 0.25) is 0 Å². The van der Waals surface area contributed by atoms with Gasteiger partial charge in [-0.25, -0.2) is 9.97 Å². The molecule has 22 heavy (non-hydrogen) atoms. The van der Waals surface area contributed by atoms with Gasteiger partial charge in [-0.05, 0) is 30.5 Å². The van der Waals surface area contributed by atoms with Crippen molar-refractivity contribution in [3.05, 3.63) is 56.8 Å². The highest BCUT2D eigenvalue weighted by molar-refractivity contribution is 7.09. The quantitative estimate of drug-likeness (QED) is 0.796. The van der Waals surface area contributed by atoms with Crippen molar-refractivity contribution >= 4 is 28.4 Å². The van der Waals surface area contributed by atoms with Crippen LogP contribution in [-0.4, -0.2) is 20.4 Å². The van der Waals surface area contributed by atoms with Crippen molar-refractivity contribution in [2.75, 3.05) is 0 Å². The summed E-state index contributed by atoms with van der Waals surface area (Å²) >= 11 is 1.55. The fraction of sp³-hybridized carbons (Fsp3) is 0.200. The largest absolute Gasteiger partial charge is 0.346 e.